The molecule has 0 aliphatic carbocycles. The van der Waals surface area contributed by atoms with Crippen molar-refractivity contribution in [3.05, 3.63) is 0 Å². The second-order valence-electron chi connectivity index (χ2n) is 3.70. The molecule has 1 unspecified atom stereocenters. The van der Waals surface area contributed by atoms with Crippen molar-refractivity contribution < 1.29 is 22.6 Å². The highest BCUT2D eigenvalue weighted by molar-refractivity contribution is 5.85. The Morgan fingerprint density at radius 3 is 2.71 bits per heavy atom. The molecule has 4 nitrogen and oxygen atoms in total. The molecule has 1 aliphatic rings. The molecule has 0 spiro atoms. The van der Waals surface area contributed by atoms with E-state index in [1.807, 2.05) is 4.90 Å². The SMILES string of the molecule is Cl.NCC1CN(CCOCC(F)(F)F)CCO1. The minimum atomic E-state index is -4.25. The second kappa shape index (κ2) is 8.10. The second-order valence-corrected chi connectivity index (χ2v) is 3.70. The number of halogens is 4. The van der Waals surface area contributed by atoms with Crippen LogP contribution in [-0.4, -0.2) is 63.2 Å². The van der Waals surface area contributed by atoms with Crippen LogP contribution in [0, 0.1) is 0 Å². The molecule has 1 fully saturated rings. The minimum Gasteiger partial charge on any atom is -0.374 e. The Bertz CT molecular complexity index is 207. The molecule has 104 valence electrons. The standard InChI is InChI=1S/C9H17F3N2O2.ClH/c10-9(11,12)7-15-3-1-14-2-4-16-8(5-13)6-14;/h8H,1-7,13H2;1H. The third kappa shape index (κ3) is 7.77. The number of nitrogens with zero attached hydrogens (tertiary/aromatic N) is 1. The van der Waals surface area contributed by atoms with Gasteiger partial charge in [-0.15, -0.1) is 12.4 Å². The minimum absolute atomic E-state index is 0. The van der Waals surface area contributed by atoms with Crippen molar-refractivity contribution in [1.82, 2.24) is 4.90 Å². The van der Waals surface area contributed by atoms with Crippen LogP contribution in [0.4, 0.5) is 13.2 Å². The summed E-state index contributed by atoms with van der Waals surface area (Å²) < 4.78 is 45.1. The van der Waals surface area contributed by atoms with E-state index in [1.54, 1.807) is 0 Å². The van der Waals surface area contributed by atoms with Gasteiger partial charge in [-0.1, -0.05) is 0 Å². The van der Waals surface area contributed by atoms with Crippen molar-refractivity contribution in [1.29, 1.82) is 0 Å². The number of alkyl halides is 3. The highest BCUT2D eigenvalue weighted by atomic mass is 35.5. The maximum absolute atomic E-state index is 11.8. The maximum atomic E-state index is 11.8. The molecule has 17 heavy (non-hydrogen) atoms. The first-order valence-corrected chi connectivity index (χ1v) is 5.20. The fourth-order valence-electron chi connectivity index (χ4n) is 1.51. The average molecular weight is 279 g/mol. The van der Waals surface area contributed by atoms with E-state index in [-0.39, 0.29) is 25.1 Å². The van der Waals surface area contributed by atoms with Gasteiger partial charge in [0.1, 0.15) is 6.61 Å². The fraction of sp³-hybridized carbons (Fsp3) is 1.00. The Morgan fingerprint density at radius 2 is 2.12 bits per heavy atom. The summed E-state index contributed by atoms with van der Waals surface area (Å²) >= 11 is 0. The van der Waals surface area contributed by atoms with E-state index in [4.69, 9.17) is 10.5 Å². The van der Waals surface area contributed by atoms with Gasteiger partial charge in [0.25, 0.3) is 0 Å². The molecule has 0 aromatic carbocycles. The summed E-state index contributed by atoms with van der Waals surface area (Å²) in [6.07, 6.45) is -4.26. The van der Waals surface area contributed by atoms with Crippen LogP contribution >= 0.6 is 12.4 Å². The third-order valence-corrected chi connectivity index (χ3v) is 2.30. The summed E-state index contributed by atoms with van der Waals surface area (Å²) in [5.41, 5.74) is 5.45. The number of nitrogens with two attached hydrogens (primary N) is 1. The lowest BCUT2D eigenvalue weighted by Crippen LogP contribution is -2.46. The van der Waals surface area contributed by atoms with Crippen LogP contribution in [0.2, 0.25) is 0 Å². The van der Waals surface area contributed by atoms with Gasteiger partial charge in [-0.2, -0.15) is 13.2 Å². The zero-order chi connectivity index (χ0) is 12.0. The third-order valence-electron chi connectivity index (χ3n) is 2.30. The Hall–Kier alpha value is -0.0800. The van der Waals surface area contributed by atoms with Crippen molar-refractivity contribution in [2.75, 3.05) is 46.0 Å². The molecule has 0 radical (unpaired) electrons. The lowest BCUT2D eigenvalue weighted by atomic mass is 10.3. The van der Waals surface area contributed by atoms with Gasteiger partial charge in [-0.3, -0.25) is 4.90 Å². The van der Waals surface area contributed by atoms with Gasteiger partial charge >= 0.3 is 6.18 Å². The van der Waals surface area contributed by atoms with E-state index >= 15 is 0 Å². The molecular formula is C9H18ClF3N2O2. The Balaban J connectivity index is 0.00000256. The predicted molar refractivity (Wildman–Crippen MR) is 59.4 cm³/mol. The average Bonchev–Trinajstić information content (AvgIpc) is 2.23. The lowest BCUT2D eigenvalue weighted by Gasteiger charge is -2.32. The monoisotopic (exact) mass is 278 g/mol. The van der Waals surface area contributed by atoms with E-state index < -0.39 is 12.8 Å². The van der Waals surface area contributed by atoms with Crippen LogP contribution in [-0.2, 0) is 9.47 Å². The summed E-state index contributed by atoms with van der Waals surface area (Å²) in [5.74, 6) is 0. The van der Waals surface area contributed by atoms with E-state index in [2.05, 4.69) is 4.74 Å². The topological polar surface area (TPSA) is 47.7 Å². The molecule has 1 heterocycles. The number of hydrogen-bond acceptors (Lipinski definition) is 4. The van der Waals surface area contributed by atoms with Crippen molar-refractivity contribution >= 4 is 12.4 Å². The smallest absolute Gasteiger partial charge is 0.374 e. The molecule has 0 amide bonds. The summed E-state index contributed by atoms with van der Waals surface area (Å²) in [6.45, 7) is 1.75. The first-order chi connectivity index (χ1) is 7.51. The van der Waals surface area contributed by atoms with E-state index in [0.29, 0.717) is 32.8 Å². The molecular weight excluding hydrogens is 261 g/mol. The predicted octanol–water partition coefficient (Wildman–Crippen LogP) is 0.647. The molecule has 2 N–H and O–H groups in total. The van der Waals surface area contributed by atoms with Crippen LogP contribution < -0.4 is 5.73 Å². The van der Waals surface area contributed by atoms with Crippen molar-refractivity contribution in [3.63, 3.8) is 0 Å². The number of morpholine rings is 1. The maximum Gasteiger partial charge on any atom is 0.411 e. The zero-order valence-corrected chi connectivity index (χ0v) is 10.2. The van der Waals surface area contributed by atoms with Crippen LogP contribution in [0.3, 0.4) is 0 Å². The lowest BCUT2D eigenvalue weighted by molar-refractivity contribution is -0.175. The molecule has 1 rings (SSSR count). The Morgan fingerprint density at radius 1 is 1.41 bits per heavy atom. The first-order valence-electron chi connectivity index (χ1n) is 5.20. The van der Waals surface area contributed by atoms with Gasteiger partial charge in [0.2, 0.25) is 0 Å². The van der Waals surface area contributed by atoms with E-state index in [1.165, 1.54) is 0 Å². The van der Waals surface area contributed by atoms with Crippen LogP contribution in [0.1, 0.15) is 0 Å². The highest BCUT2D eigenvalue weighted by Crippen LogP contribution is 2.14. The van der Waals surface area contributed by atoms with Gasteiger partial charge < -0.3 is 15.2 Å². The fourth-order valence-corrected chi connectivity index (χ4v) is 1.51. The first kappa shape index (κ1) is 16.9. The molecule has 0 saturated carbocycles. The van der Waals surface area contributed by atoms with Gasteiger partial charge in [-0.25, -0.2) is 0 Å². The largest absolute Gasteiger partial charge is 0.411 e. The summed E-state index contributed by atoms with van der Waals surface area (Å²) in [6, 6.07) is 0. The summed E-state index contributed by atoms with van der Waals surface area (Å²) in [4.78, 5) is 2.00. The summed E-state index contributed by atoms with van der Waals surface area (Å²) in [7, 11) is 0. The van der Waals surface area contributed by atoms with E-state index in [9.17, 15) is 13.2 Å². The quantitative estimate of drug-likeness (QED) is 0.750. The molecule has 1 aliphatic heterocycles. The number of ether oxygens (including phenoxy) is 2. The molecule has 1 atom stereocenters. The van der Waals surface area contributed by atoms with Gasteiger partial charge in [0.15, 0.2) is 0 Å². The van der Waals surface area contributed by atoms with Crippen molar-refractivity contribution in [2.24, 2.45) is 5.73 Å². The summed E-state index contributed by atoms with van der Waals surface area (Å²) in [5, 5.41) is 0. The van der Waals surface area contributed by atoms with Gasteiger partial charge in [0.05, 0.1) is 19.3 Å². The number of hydrogen-bond donors (Lipinski definition) is 1. The highest BCUT2D eigenvalue weighted by Gasteiger charge is 2.27. The van der Waals surface area contributed by atoms with Gasteiger partial charge in [0, 0.05) is 26.2 Å². The van der Waals surface area contributed by atoms with E-state index in [0.717, 1.165) is 0 Å². The molecule has 8 heteroatoms. The molecule has 0 aromatic heterocycles. The Kier molecular flexibility index (Phi) is 8.06. The van der Waals surface area contributed by atoms with Crippen LogP contribution in [0.15, 0.2) is 0 Å². The molecule has 0 aromatic rings. The van der Waals surface area contributed by atoms with Crippen molar-refractivity contribution in [2.45, 2.75) is 12.3 Å². The normalized spacial score (nSPS) is 22.2. The molecule has 0 bridgehead atoms. The zero-order valence-electron chi connectivity index (χ0n) is 9.41. The van der Waals surface area contributed by atoms with Crippen LogP contribution in [0.25, 0.3) is 0 Å². The van der Waals surface area contributed by atoms with Gasteiger partial charge in [-0.05, 0) is 0 Å². The van der Waals surface area contributed by atoms with Crippen molar-refractivity contribution in [3.8, 4) is 0 Å². The number of rotatable bonds is 5. The van der Waals surface area contributed by atoms with Crippen LogP contribution in [0.5, 0.6) is 0 Å². The molecule has 1 saturated heterocycles. The Labute approximate surface area is 105 Å².